The van der Waals surface area contributed by atoms with Gasteiger partial charge in [0.15, 0.2) is 0 Å². The highest BCUT2D eigenvalue weighted by atomic mass is 16.4. The van der Waals surface area contributed by atoms with Crippen LogP contribution in [0.5, 0.6) is 0 Å². The van der Waals surface area contributed by atoms with Crippen molar-refractivity contribution in [2.24, 2.45) is 0 Å². The van der Waals surface area contributed by atoms with Crippen LogP contribution in [0.4, 0.5) is 11.4 Å². The molecule has 3 rings (SSSR count). The van der Waals surface area contributed by atoms with E-state index in [1.165, 1.54) is 11.3 Å². The van der Waals surface area contributed by atoms with Crippen molar-refractivity contribution in [3.05, 3.63) is 59.7 Å². The van der Waals surface area contributed by atoms with Gasteiger partial charge in [0.05, 0.1) is 0 Å². The fraction of sp³-hybridized carbons (Fsp3) is 0.316. The zero-order valence-corrected chi connectivity index (χ0v) is 13.3. The number of benzene rings is 2. The van der Waals surface area contributed by atoms with Crippen LogP contribution in [-0.2, 0) is 17.6 Å². The normalized spacial score (nSPS) is 14.9. The average Bonchev–Trinajstić information content (AvgIpc) is 2.55. The van der Waals surface area contributed by atoms with Crippen molar-refractivity contribution >= 4 is 17.3 Å². The lowest BCUT2D eigenvalue weighted by atomic mass is 10.0. The Morgan fingerprint density at radius 2 is 2.04 bits per heavy atom. The molecule has 1 aliphatic rings. The number of carboxylic acid groups (broad SMARTS) is 1. The zero-order valence-electron chi connectivity index (χ0n) is 13.3. The second-order valence-corrected chi connectivity index (χ2v) is 6.09. The molecule has 0 fully saturated rings. The third-order valence-corrected chi connectivity index (χ3v) is 4.35. The summed E-state index contributed by atoms with van der Waals surface area (Å²) in [6.45, 7) is 1.07. The Morgan fingerprint density at radius 3 is 2.78 bits per heavy atom. The first kappa shape index (κ1) is 15.4. The van der Waals surface area contributed by atoms with Crippen LogP contribution in [0, 0.1) is 0 Å². The summed E-state index contributed by atoms with van der Waals surface area (Å²) >= 11 is 0. The SMILES string of the molecule is CN1CCCc2cc(NC(Cc3ccccc3)C(=O)O)ccc21. The molecule has 0 saturated carbocycles. The summed E-state index contributed by atoms with van der Waals surface area (Å²) < 4.78 is 0. The molecule has 0 saturated heterocycles. The van der Waals surface area contributed by atoms with Gasteiger partial charge in [-0.05, 0) is 42.2 Å². The molecule has 120 valence electrons. The number of rotatable bonds is 5. The minimum absolute atomic E-state index is 0.465. The van der Waals surface area contributed by atoms with E-state index >= 15 is 0 Å². The standard InChI is InChI=1S/C19H22N2O2/c1-21-11-5-8-15-13-16(9-10-18(15)21)20-17(19(22)23)12-14-6-3-2-4-7-14/h2-4,6-7,9-10,13,17,20H,5,8,11-12H2,1H3,(H,22,23). The Hall–Kier alpha value is -2.49. The van der Waals surface area contributed by atoms with Crippen LogP contribution in [-0.4, -0.2) is 30.7 Å². The predicted octanol–water partition coefficient (Wildman–Crippen LogP) is 3.18. The predicted molar refractivity (Wildman–Crippen MR) is 93.2 cm³/mol. The zero-order chi connectivity index (χ0) is 16.2. The summed E-state index contributed by atoms with van der Waals surface area (Å²) in [6.07, 6.45) is 2.65. The molecule has 0 aromatic heterocycles. The lowest BCUT2D eigenvalue weighted by Gasteiger charge is -2.28. The van der Waals surface area contributed by atoms with Gasteiger partial charge in [-0.25, -0.2) is 4.79 Å². The van der Waals surface area contributed by atoms with E-state index in [1.54, 1.807) is 0 Å². The quantitative estimate of drug-likeness (QED) is 0.890. The molecule has 1 atom stereocenters. The van der Waals surface area contributed by atoms with Crippen LogP contribution in [0.1, 0.15) is 17.5 Å². The van der Waals surface area contributed by atoms with Crippen molar-refractivity contribution < 1.29 is 9.90 Å². The molecule has 23 heavy (non-hydrogen) atoms. The van der Waals surface area contributed by atoms with Crippen LogP contribution in [0.25, 0.3) is 0 Å². The van der Waals surface area contributed by atoms with E-state index in [-0.39, 0.29) is 0 Å². The van der Waals surface area contributed by atoms with Gasteiger partial charge >= 0.3 is 5.97 Å². The number of aliphatic carboxylic acids is 1. The summed E-state index contributed by atoms with van der Waals surface area (Å²) in [5.74, 6) is -0.830. The van der Waals surface area contributed by atoms with Crippen molar-refractivity contribution in [2.75, 3.05) is 23.8 Å². The first-order valence-corrected chi connectivity index (χ1v) is 8.01. The maximum absolute atomic E-state index is 11.6. The number of anilines is 2. The molecule has 1 unspecified atom stereocenters. The fourth-order valence-electron chi connectivity index (χ4n) is 3.13. The maximum atomic E-state index is 11.6. The molecule has 1 aliphatic heterocycles. The van der Waals surface area contributed by atoms with Gasteiger partial charge in [0, 0.05) is 31.4 Å². The minimum atomic E-state index is -0.830. The highest BCUT2D eigenvalue weighted by Gasteiger charge is 2.19. The Balaban J connectivity index is 1.77. The molecule has 2 N–H and O–H groups in total. The molecule has 0 amide bonds. The number of carboxylic acids is 1. The second kappa shape index (κ2) is 6.73. The van der Waals surface area contributed by atoms with Gasteiger partial charge in [-0.2, -0.15) is 0 Å². The van der Waals surface area contributed by atoms with E-state index in [9.17, 15) is 9.90 Å². The number of fused-ring (bicyclic) bond motifs is 1. The van der Waals surface area contributed by atoms with E-state index in [1.807, 2.05) is 36.4 Å². The van der Waals surface area contributed by atoms with Crippen molar-refractivity contribution in [1.29, 1.82) is 0 Å². The number of nitrogens with one attached hydrogen (secondary N) is 1. The van der Waals surface area contributed by atoms with E-state index in [0.717, 1.165) is 30.6 Å². The third-order valence-electron chi connectivity index (χ3n) is 4.35. The molecule has 0 aliphatic carbocycles. The molecule has 4 heteroatoms. The van der Waals surface area contributed by atoms with E-state index in [0.29, 0.717) is 6.42 Å². The molecule has 0 spiro atoms. The van der Waals surface area contributed by atoms with Crippen molar-refractivity contribution in [2.45, 2.75) is 25.3 Å². The van der Waals surface area contributed by atoms with Gasteiger partial charge in [-0.3, -0.25) is 0 Å². The summed E-state index contributed by atoms with van der Waals surface area (Å²) in [6, 6.07) is 15.2. The van der Waals surface area contributed by atoms with Crippen LogP contribution in [0.3, 0.4) is 0 Å². The Labute approximate surface area is 136 Å². The van der Waals surface area contributed by atoms with Gasteiger partial charge in [-0.1, -0.05) is 30.3 Å². The average molecular weight is 310 g/mol. The lowest BCUT2D eigenvalue weighted by Crippen LogP contribution is -2.31. The number of aryl methyl sites for hydroxylation is 1. The Morgan fingerprint density at radius 1 is 1.26 bits per heavy atom. The summed E-state index contributed by atoms with van der Waals surface area (Å²) in [5, 5.41) is 12.7. The molecule has 0 bridgehead atoms. The summed E-state index contributed by atoms with van der Waals surface area (Å²) in [5.41, 5.74) is 4.43. The number of hydrogen-bond acceptors (Lipinski definition) is 3. The number of nitrogens with zero attached hydrogens (tertiary/aromatic N) is 1. The highest BCUT2D eigenvalue weighted by Crippen LogP contribution is 2.29. The minimum Gasteiger partial charge on any atom is -0.480 e. The first-order chi connectivity index (χ1) is 11.1. The molecular formula is C19H22N2O2. The maximum Gasteiger partial charge on any atom is 0.326 e. The number of carbonyl (C=O) groups is 1. The smallest absolute Gasteiger partial charge is 0.326 e. The van der Waals surface area contributed by atoms with Gasteiger partial charge in [0.25, 0.3) is 0 Å². The molecule has 2 aromatic rings. The fourth-order valence-corrected chi connectivity index (χ4v) is 3.13. The van der Waals surface area contributed by atoms with Crippen molar-refractivity contribution in [1.82, 2.24) is 0 Å². The number of hydrogen-bond donors (Lipinski definition) is 2. The first-order valence-electron chi connectivity index (χ1n) is 8.01. The molecule has 1 heterocycles. The van der Waals surface area contributed by atoms with Crippen LogP contribution in [0.15, 0.2) is 48.5 Å². The van der Waals surface area contributed by atoms with Crippen LogP contribution < -0.4 is 10.2 Å². The Bertz CT molecular complexity index is 685. The van der Waals surface area contributed by atoms with Gasteiger partial charge in [0.2, 0.25) is 0 Å². The topological polar surface area (TPSA) is 52.6 Å². The highest BCUT2D eigenvalue weighted by molar-refractivity contribution is 5.78. The van der Waals surface area contributed by atoms with Crippen LogP contribution in [0.2, 0.25) is 0 Å². The van der Waals surface area contributed by atoms with Gasteiger partial charge in [-0.15, -0.1) is 0 Å². The summed E-state index contributed by atoms with van der Waals surface area (Å²) in [4.78, 5) is 13.8. The van der Waals surface area contributed by atoms with Crippen molar-refractivity contribution in [3.63, 3.8) is 0 Å². The van der Waals surface area contributed by atoms with E-state index in [2.05, 4.69) is 29.4 Å². The summed E-state index contributed by atoms with van der Waals surface area (Å²) in [7, 11) is 2.10. The van der Waals surface area contributed by atoms with Crippen LogP contribution >= 0.6 is 0 Å². The van der Waals surface area contributed by atoms with Gasteiger partial charge < -0.3 is 15.3 Å². The van der Waals surface area contributed by atoms with Gasteiger partial charge in [0.1, 0.15) is 6.04 Å². The van der Waals surface area contributed by atoms with E-state index < -0.39 is 12.0 Å². The molecular weight excluding hydrogens is 288 g/mol. The van der Waals surface area contributed by atoms with Crippen molar-refractivity contribution in [3.8, 4) is 0 Å². The lowest BCUT2D eigenvalue weighted by molar-refractivity contribution is -0.137. The molecule has 4 nitrogen and oxygen atoms in total. The Kier molecular flexibility index (Phi) is 4.51. The molecule has 0 radical (unpaired) electrons. The third kappa shape index (κ3) is 3.65. The van der Waals surface area contributed by atoms with E-state index in [4.69, 9.17) is 0 Å². The second-order valence-electron chi connectivity index (χ2n) is 6.09. The monoisotopic (exact) mass is 310 g/mol. The largest absolute Gasteiger partial charge is 0.480 e. The molecule has 2 aromatic carbocycles.